The standard InChI is InChI=1S/C15H16N2O2S2/c1-20-13-5-3-12(4-6-13)17-21(18,19)14-7-2-11-8-9-16-15(11)10-14/h2-7,10,16-17H,8-9H2,1H3. The Morgan fingerprint density at radius 2 is 1.90 bits per heavy atom. The average Bonchev–Trinajstić information content (AvgIpc) is 2.95. The number of anilines is 2. The van der Waals surface area contributed by atoms with Gasteiger partial charge in [0.2, 0.25) is 0 Å². The smallest absolute Gasteiger partial charge is 0.261 e. The van der Waals surface area contributed by atoms with E-state index in [0.29, 0.717) is 5.69 Å². The lowest BCUT2D eigenvalue weighted by atomic mass is 10.2. The van der Waals surface area contributed by atoms with Crippen molar-refractivity contribution >= 4 is 33.2 Å². The first-order valence-corrected chi connectivity index (χ1v) is 9.33. The number of benzene rings is 2. The van der Waals surface area contributed by atoms with Crippen molar-refractivity contribution in [3.05, 3.63) is 48.0 Å². The first-order valence-electron chi connectivity index (χ1n) is 6.62. The molecule has 2 N–H and O–H groups in total. The molecule has 0 saturated heterocycles. The van der Waals surface area contributed by atoms with Crippen LogP contribution in [0.4, 0.5) is 11.4 Å². The van der Waals surface area contributed by atoms with E-state index in [4.69, 9.17) is 0 Å². The van der Waals surface area contributed by atoms with Gasteiger partial charge in [-0.05, 0) is 54.6 Å². The number of thioether (sulfide) groups is 1. The fraction of sp³-hybridized carbons (Fsp3) is 0.200. The van der Waals surface area contributed by atoms with E-state index >= 15 is 0 Å². The van der Waals surface area contributed by atoms with Crippen molar-refractivity contribution in [3.8, 4) is 0 Å². The van der Waals surface area contributed by atoms with E-state index < -0.39 is 10.0 Å². The molecule has 6 heteroatoms. The van der Waals surface area contributed by atoms with E-state index in [-0.39, 0.29) is 4.90 Å². The minimum absolute atomic E-state index is 0.282. The maximum Gasteiger partial charge on any atom is 0.261 e. The monoisotopic (exact) mass is 320 g/mol. The molecule has 1 aliphatic heterocycles. The van der Waals surface area contributed by atoms with Crippen molar-refractivity contribution in [1.29, 1.82) is 0 Å². The van der Waals surface area contributed by atoms with Crippen LogP contribution in [0.5, 0.6) is 0 Å². The fourth-order valence-electron chi connectivity index (χ4n) is 2.31. The zero-order valence-corrected chi connectivity index (χ0v) is 13.2. The van der Waals surface area contributed by atoms with Crippen LogP contribution in [-0.2, 0) is 16.4 Å². The van der Waals surface area contributed by atoms with Crippen LogP contribution in [0, 0.1) is 0 Å². The molecule has 0 aliphatic carbocycles. The van der Waals surface area contributed by atoms with Gasteiger partial charge < -0.3 is 5.32 Å². The van der Waals surface area contributed by atoms with E-state index in [2.05, 4.69) is 10.0 Å². The maximum atomic E-state index is 12.4. The maximum absolute atomic E-state index is 12.4. The Morgan fingerprint density at radius 3 is 2.62 bits per heavy atom. The van der Waals surface area contributed by atoms with Gasteiger partial charge in [-0.3, -0.25) is 4.72 Å². The van der Waals surface area contributed by atoms with Gasteiger partial charge in [-0.25, -0.2) is 8.42 Å². The summed E-state index contributed by atoms with van der Waals surface area (Å²) in [4.78, 5) is 1.38. The first-order chi connectivity index (χ1) is 10.1. The molecule has 0 atom stereocenters. The lowest BCUT2D eigenvalue weighted by Crippen LogP contribution is -2.13. The van der Waals surface area contributed by atoms with E-state index in [0.717, 1.165) is 23.5 Å². The number of sulfonamides is 1. The highest BCUT2D eigenvalue weighted by Gasteiger charge is 2.18. The van der Waals surface area contributed by atoms with Crippen LogP contribution in [0.25, 0.3) is 0 Å². The Labute approximate surface area is 129 Å². The molecule has 2 aromatic rings. The normalized spacial score (nSPS) is 13.6. The Kier molecular flexibility index (Phi) is 3.82. The minimum Gasteiger partial charge on any atom is -0.384 e. The van der Waals surface area contributed by atoms with Crippen LogP contribution in [0.3, 0.4) is 0 Å². The van der Waals surface area contributed by atoms with Crippen molar-refractivity contribution < 1.29 is 8.42 Å². The summed E-state index contributed by atoms with van der Waals surface area (Å²) in [5, 5.41) is 3.20. The van der Waals surface area contributed by atoms with Crippen molar-refractivity contribution in [1.82, 2.24) is 0 Å². The van der Waals surface area contributed by atoms with Crippen LogP contribution in [0.2, 0.25) is 0 Å². The van der Waals surface area contributed by atoms with Gasteiger partial charge in [-0.1, -0.05) is 6.07 Å². The molecule has 0 saturated carbocycles. The highest BCUT2D eigenvalue weighted by molar-refractivity contribution is 7.98. The molecular weight excluding hydrogens is 304 g/mol. The fourth-order valence-corrected chi connectivity index (χ4v) is 3.80. The van der Waals surface area contributed by atoms with Gasteiger partial charge in [-0.15, -0.1) is 11.8 Å². The van der Waals surface area contributed by atoms with Gasteiger partial charge in [0.05, 0.1) is 4.90 Å². The molecule has 0 amide bonds. The molecule has 110 valence electrons. The SMILES string of the molecule is CSc1ccc(NS(=O)(=O)c2ccc3c(c2)NCC3)cc1. The number of nitrogens with one attached hydrogen (secondary N) is 2. The summed E-state index contributed by atoms with van der Waals surface area (Å²) in [6, 6.07) is 12.6. The molecule has 0 spiro atoms. The van der Waals surface area contributed by atoms with Crippen molar-refractivity contribution in [2.24, 2.45) is 0 Å². The Balaban J connectivity index is 1.86. The number of fused-ring (bicyclic) bond motifs is 1. The molecule has 4 nitrogen and oxygen atoms in total. The highest BCUT2D eigenvalue weighted by atomic mass is 32.2. The van der Waals surface area contributed by atoms with Crippen molar-refractivity contribution in [2.45, 2.75) is 16.2 Å². The van der Waals surface area contributed by atoms with E-state index in [1.807, 2.05) is 24.5 Å². The molecule has 0 bridgehead atoms. The number of rotatable bonds is 4. The average molecular weight is 320 g/mol. The third-order valence-corrected chi connectivity index (χ3v) is 5.57. The van der Waals surface area contributed by atoms with Crippen molar-refractivity contribution in [2.75, 3.05) is 22.8 Å². The Hall–Kier alpha value is -1.66. The van der Waals surface area contributed by atoms with Crippen molar-refractivity contribution in [3.63, 3.8) is 0 Å². The summed E-state index contributed by atoms with van der Waals surface area (Å²) < 4.78 is 27.4. The van der Waals surface area contributed by atoms with Gasteiger partial charge in [0.25, 0.3) is 10.0 Å². The Bertz CT molecular complexity index is 756. The first kappa shape index (κ1) is 14.3. The molecule has 2 aromatic carbocycles. The third kappa shape index (κ3) is 3.01. The largest absolute Gasteiger partial charge is 0.384 e. The zero-order valence-electron chi connectivity index (χ0n) is 11.6. The lowest BCUT2D eigenvalue weighted by molar-refractivity contribution is 0.601. The van der Waals surface area contributed by atoms with Crippen LogP contribution in [0.15, 0.2) is 52.3 Å². The van der Waals surface area contributed by atoms with Crippen LogP contribution < -0.4 is 10.0 Å². The summed E-state index contributed by atoms with van der Waals surface area (Å²) in [5.74, 6) is 0. The van der Waals surface area contributed by atoms with Gasteiger partial charge in [-0.2, -0.15) is 0 Å². The predicted molar refractivity (Wildman–Crippen MR) is 87.7 cm³/mol. The second kappa shape index (κ2) is 5.61. The van der Waals surface area contributed by atoms with E-state index in [9.17, 15) is 8.42 Å². The molecule has 1 aliphatic rings. The summed E-state index contributed by atoms with van der Waals surface area (Å²) in [6.07, 6.45) is 2.93. The molecule has 0 radical (unpaired) electrons. The zero-order chi connectivity index (χ0) is 14.9. The van der Waals surface area contributed by atoms with Gasteiger partial charge in [0, 0.05) is 22.8 Å². The summed E-state index contributed by atoms with van der Waals surface area (Å²) >= 11 is 1.62. The summed E-state index contributed by atoms with van der Waals surface area (Å²) in [5.41, 5.74) is 2.65. The molecule has 3 rings (SSSR count). The highest BCUT2D eigenvalue weighted by Crippen LogP contribution is 2.27. The van der Waals surface area contributed by atoms with Gasteiger partial charge in [0.1, 0.15) is 0 Å². The topological polar surface area (TPSA) is 58.2 Å². The number of hydrogen-bond acceptors (Lipinski definition) is 4. The van der Waals surface area contributed by atoms with Gasteiger partial charge in [0.15, 0.2) is 0 Å². The van der Waals surface area contributed by atoms with Crippen LogP contribution in [-0.4, -0.2) is 21.2 Å². The molecular formula is C15H16N2O2S2. The third-order valence-electron chi connectivity index (χ3n) is 3.44. The van der Waals surface area contributed by atoms with E-state index in [1.165, 1.54) is 5.56 Å². The van der Waals surface area contributed by atoms with Crippen LogP contribution in [0.1, 0.15) is 5.56 Å². The van der Waals surface area contributed by atoms with Gasteiger partial charge >= 0.3 is 0 Å². The molecule has 0 fully saturated rings. The molecule has 0 aromatic heterocycles. The summed E-state index contributed by atoms with van der Waals surface area (Å²) in [7, 11) is -3.55. The predicted octanol–water partition coefficient (Wildman–Crippen LogP) is 3.18. The molecule has 21 heavy (non-hydrogen) atoms. The summed E-state index contributed by atoms with van der Waals surface area (Å²) in [6.45, 7) is 0.864. The molecule has 0 unspecified atom stereocenters. The lowest BCUT2D eigenvalue weighted by Gasteiger charge is -2.10. The molecule has 1 heterocycles. The second-order valence-corrected chi connectivity index (χ2v) is 7.39. The minimum atomic E-state index is -3.55. The second-order valence-electron chi connectivity index (χ2n) is 4.83. The Morgan fingerprint density at radius 1 is 1.14 bits per heavy atom. The van der Waals surface area contributed by atoms with Crippen LogP contribution >= 0.6 is 11.8 Å². The number of hydrogen-bond donors (Lipinski definition) is 2. The quantitative estimate of drug-likeness (QED) is 0.850. The van der Waals surface area contributed by atoms with E-state index in [1.54, 1.807) is 36.0 Å².